The van der Waals surface area contributed by atoms with Crippen LogP contribution in [0.3, 0.4) is 0 Å². The van der Waals surface area contributed by atoms with E-state index in [1.54, 1.807) is 0 Å². The van der Waals surface area contributed by atoms with Crippen LogP contribution in [0.4, 0.5) is 11.6 Å². The van der Waals surface area contributed by atoms with Gasteiger partial charge in [0.2, 0.25) is 0 Å². The van der Waals surface area contributed by atoms with Crippen molar-refractivity contribution in [1.29, 1.82) is 5.26 Å². The fraction of sp³-hybridized carbons (Fsp3) is 0.583. The molecule has 0 saturated carbocycles. The van der Waals surface area contributed by atoms with Gasteiger partial charge >= 0.3 is 0 Å². The van der Waals surface area contributed by atoms with E-state index in [4.69, 9.17) is 5.26 Å². The van der Waals surface area contributed by atoms with Gasteiger partial charge in [-0.15, -0.1) is 0 Å². The van der Waals surface area contributed by atoms with E-state index in [9.17, 15) is 0 Å². The number of nitriles is 1. The van der Waals surface area contributed by atoms with Crippen LogP contribution in [0.2, 0.25) is 0 Å². The van der Waals surface area contributed by atoms with Crippen LogP contribution in [-0.2, 0) is 0 Å². The number of likely N-dealkylation sites (tertiary alicyclic amines) is 1. The molecule has 2 rings (SSSR count). The van der Waals surface area contributed by atoms with E-state index in [0.29, 0.717) is 17.7 Å². The zero-order chi connectivity index (χ0) is 13.1. The van der Waals surface area contributed by atoms with Crippen LogP contribution < -0.4 is 10.2 Å². The Morgan fingerprint density at radius 3 is 2.94 bits per heavy atom. The van der Waals surface area contributed by atoms with E-state index < -0.39 is 0 Å². The molecule has 1 aliphatic rings. The molecule has 1 N–H and O–H groups in total. The van der Waals surface area contributed by atoms with Crippen LogP contribution in [0, 0.1) is 18.4 Å². The summed E-state index contributed by atoms with van der Waals surface area (Å²) in [6, 6.07) is 2.29. The summed E-state index contributed by atoms with van der Waals surface area (Å²) in [6.45, 7) is 3.99. The predicted octanol–water partition coefficient (Wildman–Crippen LogP) is 0.818. The van der Waals surface area contributed by atoms with Crippen molar-refractivity contribution in [1.82, 2.24) is 14.9 Å². The molecule has 0 bridgehead atoms. The smallest absolute Gasteiger partial charge is 0.182 e. The summed E-state index contributed by atoms with van der Waals surface area (Å²) in [5, 5.41) is 11.2. The van der Waals surface area contributed by atoms with Gasteiger partial charge in [-0.2, -0.15) is 5.26 Å². The third kappa shape index (κ3) is 2.68. The van der Waals surface area contributed by atoms with Crippen molar-refractivity contribution in [3.8, 4) is 6.19 Å². The first-order valence-electron chi connectivity index (χ1n) is 6.02. The summed E-state index contributed by atoms with van der Waals surface area (Å²) in [5.41, 5.74) is 0. The minimum atomic E-state index is 0.472. The Kier molecular flexibility index (Phi) is 3.63. The van der Waals surface area contributed by atoms with E-state index >= 15 is 0 Å². The molecule has 1 aromatic rings. The van der Waals surface area contributed by atoms with E-state index in [0.717, 1.165) is 25.3 Å². The molecule has 1 fully saturated rings. The Balaban J connectivity index is 2.19. The number of likely N-dealkylation sites (N-methyl/N-ethyl adjacent to an activating group) is 2. The quantitative estimate of drug-likeness (QED) is 0.629. The van der Waals surface area contributed by atoms with Crippen molar-refractivity contribution in [3.05, 3.63) is 11.9 Å². The Bertz CT molecular complexity index is 466. The lowest BCUT2D eigenvalue weighted by molar-refractivity contribution is 0.409. The van der Waals surface area contributed by atoms with Crippen molar-refractivity contribution in [2.24, 2.45) is 0 Å². The van der Waals surface area contributed by atoms with E-state index in [1.807, 2.05) is 26.2 Å². The van der Waals surface area contributed by atoms with Gasteiger partial charge in [-0.3, -0.25) is 5.32 Å². The maximum Gasteiger partial charge on any atom is 0.182 e. The molecule has 6 nitrogen and oxygen atoms in total. The normalized spacial score (nSPS) is 19.6. The van der Waals surface area contributed by atoms with Crippen LogP contribution in [0.25, 0.3) is 0 Å². The fourth-order valence-electron chi connectivity index (χ4n) is 2.27. The molecule has 96 valence electrons. The first kappa shape index (κ1) is 12.6. The Morgan fingerprint density at radius 1 is 1.56 bits per heavy atom. The summed E-state index contributed by atoms with van der Waals surface area (Å²) in [7, 11) is 4.17. The van der Waals surface area contributed by atoms with Gasteiger partial charge in [0.15, 0.2) is 6.19 Å². The lowest BCUT2D eigenvalue weighted by atomic mass is 10.2. The molecule has 1 saturated heterocycles. The standard InChI is InChI=1S/C12H18N6/c1-9-15-11(14-8-13)6-12(16-9)18(3)10-4-5-17(2)7-10/h6,10H,4-5,7H2,1-3H3,(H,14,15,16). The highest BCUT2D eigenvalue weighted by Crippen LogP contribution is 2.21. The lowest BCUT2D eigenvalue weighted by Gasteiger charge is -2.25. The number of aryl methyl sites for hydroxylation is 1. The minimum Gasteiger partial charge on any atom is -0.355 e. The second-order valence-corrected chi connectivity index (χ2v) is 4.71. The van der Waals surface area contributed by atoms with Gasteiger partial charge in [0.05, 0.1) is 0 Å². The first-order chi connectivity index (χ1) is 8.60. The summed E-state index contributed by atoms with van der Waals surface area (Å²) in [4.78, 5) is 13.1. The number of nitrogens with one attached hydrogen (secondary N) is 1. The molecular formula is C12H18N6. The highest BCUT2D eigenvalue weighted by molar-refractivity contribution is 5.51. The van der Waals surface area contributed by atoms with E-state index in [2.05, 4.69) is 32.1 Å². The third-order valence-corrected chi connectivity index (χ3v) is 3.28. The molecule has 1 unspecified atom stereocenters. The molecule has 6 heteroatoms. The van der Waals surface area contributed by atoms with Crippen molar-refractivity contribution < 1.29 is 0 Å². The van der Waals surface area contributed by atoms with Gasteiger partial charge in [0.1, 0.15) is 17.5 Å². The SMILES string of the molecule is Cc1nc(NC#N)cc(N(C)C2CCN(C)C2)n1. The molecule has 1 aliphatic heterocycles. The molecular weight excluding hydrogens is 228 g/mol. The summed E-state index contributed by atoms with van der Waals surface area (Å²) in [5.74, 6) is 2.09. The number of hydrogen-bond acceptors (Lipinski definition) is 6. The van der Waals surface area contributed by atoms with Crippen LogP contribution in [0.5, 0.6) is 0 Å². The molecule has 0 aromatic carbocycles. The number of hydrogen-bond donors (Lipinski definition) is 1. The molecule has 0 radical (unpaired) electrons. The molecule has 2 heterocycles. The second kappa shape index (κ2) is 5.19. The van der Waals surface area contributed by atoms with Crippen molar-refractivity contribution in [2.45, 2.75) is 19.4 Å². The molecule has 1 atom stereocenters. The molecule has 0 spiro atoms. The fourth-order valence-corrected chi connectivity index (χ4v) is 2.27. The van der Waals surface area contributed by atoms with Gasteiger partial charge in [0.25, 0.3) is 0 Å². The number of anilines is 2. The maximum absolute atomic E-state index is 8.64. The highest BCUT2D eigenvalue weighted by Gasteiger charge is 2.24. The number of rotatable bonds is 3. The van der Waals surface area contributed by atoms with E-state index in [1.165, 1.54) is 0 Å². The van der Waals surface area contributed by atoms with Crippen molar-refractivity contribution in [2.75, 3.05) is 37.4 Å². The Hall–Kier alpha value is -1.87. The minimum absolute atomic E-state index is 0.472. The van der Waals surface area contributed by atoms with Crippen molar-refractivity contribution in [3.63, 3.8) is 0 Å². The average Bonchev–Trinajstić information content (AvgIpc) is 2.74. The van der Waals surface area contributed by atoms with Gasteiger partial charge in [0, 0.05) is 25.7 Å². The second-order valence-electron chi connectivity index (χ2n) is 4.71. The van der Waals surface area contributed by atoms with E-state index in [-0.39, 0.29) is 0 Å². The molecule has 1 aromatic heterocycles. The zero-order valence-corrected chi connectivity index (χ0v) is 11.0. The average molecular weight is 246 g/mol. The van der Waals surface area contributed by atoms with Crippen molar-refractivity contribution >= 4 is 11.6 Å². The Morgan fingerprint density at radius 2 is 2.33 bits per heavy atom. The van der Waals surface area contributed by atoms with Crippen LogP contribution in [0.1, 0.15) is 12.2 Å². The monoisotopic (exact) mass is 246 g/mol. The van der Waals surface area contributed by atoms with Gasteiger partial charge in [-0.25, -0.2) is 9.97 Å². The van der Waals surface area contributed by atoms with Gasteiger partial charge in [-0.1, -0.05) is 0 Å². The maximum atomic E-state index is 8.64. The van der Waals surface area contributed by atoms with Crippen LogP contribution in [0.15, 0.2) is 6.07 Å². The number of aromatic nitrogens is 2. The summed E-state index contributed by atoms with van der Waals surface area (Å²) < 4.78 is 0. The van der Waals surface area contributed by atoms with Crippen LogP contribution >= 0.6 is 0 Å². The van der Waals surface area contributed by atoms with Gasteiger partial charge < -0.3 is 9.80 Å². The number of nitrogens with zero attached hydrogens (tertiary/aromatic N) is 5. The molecule has 18 heavy (non-hydrogen) atoms. The molecule has 0 aliphatic carbocycles. The summed E-state index contributed by atoms with van der Waals surface area (Å²) >= 11 is 0. The highest BCUT2D eigenvalue weighted by atomic mass is 15.3. The summed E-state index contributed by atoms with van der Waals surface area (Å²) in [6.07, 6.45) is 3.02. The van der Waals surface area contributed by atoms with Crippen LogP contribution in [-0.4, -0.2) is 48.1 Å². The topological polar surface area (TPSA) is 68.1 Å². The predicted molar refractivity (Wildman–Crippen MR) is 70.3 cm³/mol. The lowest BCUT2D eigenvalue weighted by Crippen LogP contribution is -2.34. The first-order valence-corrected chi connectivity index (χ1v) is 6.02. The molecule has 0 amide bonds. The van der Waals surface area contributed by atoms with Gasteiger partial charge in [-0.05, 0) is 26.9 Å². The third-order valence-electron chi connectivity index (χ3n) is 3.28. The largest absolute Gasteiger partial charge is 0.355 e. The zero-order valence-electron chi connectivity index (χ0n) is 11.0. The Labute approximate surface area is 107 Å².